The third-order valence-corrected chi connectivity index (χ3v) is 2.94. The maximum Gasteiger partial charge on any atom is 0.276 e. The molecule has 8 nitrogen and oxygen atoms in total. The molecule has 0 fully saturated rings. The van der Waals surface area contributed by atoms with Gasteiger partial charge < -0.3 is 5.32 Å². The molecule has 1 amide bonds. The summed E-state index contributed by atoms with van der Waals surface area (Å²) in [5.41, 5.74) is 0.400. The molecule has 0 saturated carbocycles. The molecule has 0 aliphatic rings. The van der Waals surface area contributed by atoms with Crippen molar-refractivity contribution in [3.8, 4) is 5.82 Å². The fourth-order valence-electron chi connectivity index (χ4n) is 1.82. The Bertz CT molecular complexity index is 852. The molecule has 0 atom stereocenters. The number of amides is 1. The molecule has 0 spiro atoms. The van der Waals surface area contributed by atoms with Crippen LogP contribution in [0.2, 0.25) is 0 Å². The van der Waals surface area contributed by atoms with Crippen molar-refractivity contribution in [2.75, 3.05) is 5.32 Å². The number of nitrogens with one attached hydrogen (secondary N) is 1. The van der Waals surface area contributed by atoms with Crippen LogP contribution >= 0.6 is 0 Å². The van der Waals surface area contributed by atoms with Crippen LogP contribution in [0.5, 0.6) is 0 Å². The number of hydrogen-bond acceptors (Lipinski definition) is 5. The maximum atomic E-state index is 12.1. The summed E-state index contributed by atoms with van der Waals surface area (Å²) in [5.74, 6) is 0.229. The van der Waals surface area contributed by atoms with Crippen molar-refractivity contribution >= 4 is 11.6 Å². The third-order valence-electron chi connectivity index (χ3n) is 2.94. The molecule has 1 N–H and O–H groups in total. The molecule has 110 valence electrons. The maximum absolute atomic E-state index is 12.1. The summed E-state index contributed by atoms with van der Waals surface area (Å²) < 4.78 is 2.72. The third kappa shape index (κ3) is 2.75. The average Bonchev–Trinajstić information content (AvgIpc) is 3.05. The minimum Gasteiger partial charge on any atom is -0.319 e. The highest BCUT2D eigenvalue weighted by Gasteiger charge is 2.09. The molecule has 0 aromatic carbocycles. The Balaban J connectivity index is 1.76. The highest BCUT2D eigenvalue weighted by Crippen LogP contribution is 2.10. The minimum absolute atomic E-state index is 0.151. The van der Waals surface area contributed by atoms with E-state index in [4.69, 9.17) is 0 Å². The lowest BCUT2D eigenvalue weighted by Crippen LogP contribution is -2.23. The van der Waals surface area contributed by atoms with Gasteiger partial charge in [-0.1, -0.05) is 0 Å². The summed E-state index contributed by atoms with van der Waals surface area (Å²) >= 11 is 0. The van der Waals surface area contributed by atoms with Gasteiger partial charge in [0.2, 0.25) is 0 Å². The Morgan fingerprint density at radius 2 is 2.09 bits per heavy atom. The molecule has 0 radical (unpaired) electrons. The van der Waals surface area contributed by atoms with Crippen LogP contribution in [0.15, 0.2) is 53.7 Å². The minimum atomic E-state index is -0.413. The van der Waals surface area contributed by atoms with Gasteiger partial charge in [0.15, 0.2) is 5.82 Å². The molecule has 3 heterocycles. The summed E-state index contributed by atoms with van der Waals surface area (Å²) in [7, 11) is 1.49. The van der Waals surface area contributed by atoms with Gasteiger partial charge in [-0.3, -0.25) is 9.59 Å². The summed E-state index contributed by atoms with van der Waals surface area (Å²) in [6, 6.07) is 7.91. The number of anilines is 1. The molecular weight excluding hydrogens is 284 g/mol. The lowest BCUT2D eigenvalue weighted by molar-refractivity contribution is 0.102. The Morgan fingerprint density at radius 1 is 1.23 bits per heavy atom. The van der Waals surface area contributed by atoms with Crippen molar-refractivity contribution in [1.82, 2.24) is 24.5 Å². The van der Waals surface area contributed by atoms with Gasteiger partial charge in [0.1, 0.15) is 5.69 Å². The highest BCUT2D eigenvalue weighted by atomic mass is 16.2. The van der Waals surface area contributed by atoms with E-state index in [0.29, 0.717) is 11.5 Å². The lowest BCUT2D eigenvalue weighted by Gasteiger charge is -2.06. The van der Waals surface area contributed by atoms with Gasteiger partial charge in [-0.15, -0.1) is 0 Å². The Hall–Kier alpha value is -3.29. The molecule has 0 saturated heterocycles. The largest absolute Gasteiger partial charge is 0.319 e. The standard InChI is InChI=1S/C14H12N6O2/c1-19-13(21)6-4-11(18-19)14(22)17-10-3-5-12(15-9-10)20-8-2-7-16-20/h2-9H,1H3,(H,17,22). The Morgan fingerprint density at radius 3 is 2.73 bits per heavy atom. The quantitative estimate of drug-likeness (QED) is 0.764. The van der Waals surface area contributed by atoms with E-state index in [2.05, 4.69) is 20.5 Å². The predicted molar refractivity (Wildman–Crippen MR) is 78.8 cm³/mol. The summed E-state index contributed by atoms with van der Waals surface area (Å²) in [6.07, 6.45) is 4.95. The first-order valence-electron chi connectivity index (χ1n) is 6.45. The second-order valence-corrected chi connectivity index (χ2v) is 4.49. The van der Waals surface area contributed by atoms with E-state index in [1.54, 1.807) is 35.3 Å². The highest BCUT2D eigenvalue weighted by molar-refractivity contribution is 6.02. The number of rotatable bonds is 3. The second-order valence-electron chi connectivity index (χ2n) is 4.49. The van der Waals surface area contributed by atoms with E-state index in [-0.39, 0.29) is 11.3 Å². The van der Waals surface area contributed by atoms with Crippen LogP contribution in [0.25, 0.3) is 5.82 Å². The predicted octanol–water partition coefficient (Wildman–Crippen LogP) is 0.613. The monoisotopic (exact) mass is 296 g/mol. The van der Waals surface area contributed by atoms with E-state index < -0.39 is 5.91 Å². The van der Waals surface area contributed by atoms with Gasteiger partial charge in [-0.2, -0.15) is 10.2 Å². The van der Waals surface area contributed by atoms with Gasteiger partial charge in [0.25, 0.3) is 11.5 Å². The van der Waals surface area contributed by atoms with Gasteiger partial charge in [-0.05, 0) is 24.3 Å². The second kappa shape index (κ2) is 5.60. The van der Waals surface area contributed by atoms with Crippen molar-refractivity contribution in [2.45, 2.75) is 0 Å². The van der Waals surface area contributed by atoms with Crippen LogP contribution in [0, 0.1) is 0 Å². The van der Waals surface area contributed by atoms with Crippen molar-refractivity contribution in [3.05, 3.63) is 65.0 Å². The van der Waals surface area contributed by atoms with Crippen LogP contribution in [0.4, 0.5) is 5.69 Å². The molecule has 22 heavy (non-hydrogen) atoms. The molecule has 3 aromatic rings. The van der Waals surface area contributed by atoms with E-state index in [1.807, 2.05) is 0 Å². The zero-order valence-corrected chi connectivity index (χ0v) is 11.7. The smallest absolute Gasteiger partial charge is 0.276 e. The number of aromatic nitrogens is 5. The van der Waals surface area contributed by atoms with E-state index >= 15 is 0 Å². The number of carbonyl (C=O) groups is 1. The lowest BCUT2D eigenvalue weighted by atomic mass is 10.3. The van der Waals surface area contributed by atoms with Crippen LogP contribution in [-0.2, 0) is 7.05 Å². The van der Waals surface area contributed by atoms with Crippen molar-refractivity contribution in [2.24, 2.45) is 7.05 Å². The summed E-state index contributed by atoms with van der Waals surface area (Å²) in [6.45, 7) is 0. The first kappa shape index (κ1) is 13.7. The van der Waals surface area contributed by atoms with Gasteiger partial charge in [-0.25, -0.2) is 14.3 Å². The first-order chi connectivity index (χ1) is 10.6. The fourth-order valence-corrected chi connectivity index (χ4v) is 1.82. The van der Waals surface area contributed by atoms with Gasteiger partial charge in [0, 0.05) is 25.5 Å². The van der Waals surface area contributed by atoms with E-state index in [1.165, 1.54) is 25.4 Å². The molecular formula is C14H12N6O2. The van der Waals surface area contributed by atoms with Gasteiger partial charge in [0.05, 0.1) is 11.9 Å². The van der Waals surface area contributed by atoms with Crippen LogP contribution in [-0.4, -0.2) is 30.5 Å². The number of hydrogen-bond donors (Lipinski definition) is 1. The number of nitrogens with zero attached hydrogens (tertiary/aromatic N) is 5. The first-order valence-corrected chi connectivity index (χ1v) is 6.45. The normalized spacial score (nSPS) is 10.4. The molecule has 0 aliphatic heterocycles. The zero-order valence-electron chi connectivity index (χ0n) is 11.7. The summed E-state index contributed by atoms with van der Waals surface area (Å²) in [5, 5.41) is 10.6. The van der Waals surface area contributed by atoms with E-state index in [9.17, 15) is 9.59 Å². The topological polar surface area (TPSA) is 94.7 Å². The zero-order chi connectivity index (χ0) is 15.5. The molecule has 8 heteroatoms. The Labute approximate surface area is 125 Å². The number of carbonyl (C=O) groups excluding carboxylic acids is 1. The summed E-state index contributed by atoms with van der Waals surface area (Å²) in [4.78, 5) is 27.5. The van der Waals surface area contributed by atoms with Crippen molar-refractivity contribution < 1.29 is 4.79 Å². The van der Waals surface area contributed by atoms with E-state index in [0.717, 1.165) is 4.68 Å². The molecule has 0 bridgehead atoms. The molecule has 3 aromatic heterocycles. The van der Waals surface area contributed by atoms with Crippen LogP contribution < -0.4 is 10.9 Å². The number of pyridine rings is 1. The molecule has 3 rings (SSSR count). The van der Waals surface area contributed by atoms with Crippen molar-refractivity contribution in [3.63, 3.8) is 0 Å². The van der Waals surface area contributed by atoms with Crippen LogP contribution in [0.3, 0.4) is 0 Å². The van der Waals surface area contributed by atoms with Crippen molar-refractivity contribution in [1.29, 1.82) is 0 Å². The molecule has 0 aliphatic carbocycles. The molecule has 0 unspecified atom stereocenters. The fraction of sp³-hybridized carbons (Fsp3) is 0.0714. The van der Waals surface area contributed by atoms with Gasteiger partial charge >= 0.3 is 0 Å². The Kier molecular flexibility index (Phi) is 3.48. The SMILES string of the molecule is Cn1nc(C(=O)Nc2ccc(-n3cccn3)nc2)ccc1=O. The average molecular weight is 296 g/mol. The van der Waals surface area contributed by atoms with Crippen LogP contribution in [0.1, 0.15) is 10.5 Å². The number of aryl methyl sites for hydroxylation is 1.